The molecule has 0 aromatic carbocycles. The van der Waals surface area contributed by atoms with E-state index in [1.165, 1.54) is 7.11 Å². The van der Waals surface area contributed by atoms with E-state index in [0.717, 1.165) is 37.0 Å². The number of carboxylic acids is 1. The Kier molecular flexibility index (Phi) is 4.39. The van der Waals surface area contributed by atoms with Gasteiger partial charge in [0.2, 0.25) is 0 Å². The maximum Gasteiger partial charge on any atom is 0.313 e. The van der Waals surface area contributed by atoms with Gasteiger partial charge in [0.25, 0.3) is 5.91 Å². The molecule has 1 N–H and O–H groups in total. The van der Waals surface area contributed by atoms with Gasteiger partial charge in [0.05, 0.1) is 6.61 Å². The summed E-state index contributed by atoms with van der Waals surface area (Å²) in [5.74, 6) is -0.338. The first kappa shape index (κ1) is 16.0. The first-order valence-electron chi connectivity index (χ1n) is 8.06. The van der Waals surface area contributed by atoms with Crippen LogP contribution in [0.15, 0.2) is 4.52 Å². The molecule has 0 bridgehead atoms. The molecule has 7 heteroatoms. The van der Waals surface area contributed by atoms with E-state index in [1.807, 2.05) is 0 Å². The Balaban J connectivity index is 1.82. The van der Waals surface area contributed by atoms with E-state index < -0.39 is 11.4 Å². The number of carboxylic acid groups (broad SMARTS) is 1. The number of piperidine rings is 1. The topological polar surface area (TPSA) is 92.9 Å². The van der Waals surface area contributed by atoms with Gasteiger partial charge in [-0.25, -0.2) is 0 Å². The lowest BCUT2D eigenvalue weighted by molar-refractivity contribution is -0.155. The lowest BCUT2D eigenvalue weighted by Gasteiger charge is -2.39. The lowest BCUT2D eigenvalue weighted by atomic mass is 9.80. The number of aryl methyl sites for hydroxylation is 1. The number of aliphatic carboxylic acids is 1. The third-order valence-electron chi connectivity index (χ3n) is 4.89. The Hall–Kier alpha value is -1.89. The van der Waals surface area contributed by atoms with Crippen LogP contribution in [0.2, 0.25) is 0 Å². The van der Waals surface area contributed by atoms with Gasteiger partial charge in [-0.3, -0.25) is 9.59 Å². The quantitative estimate of drug-likeness (QED) is 0.903. The van der Waals surface area contributed by atoms with Gasteiger partial charge in [-0.1, -0.05) is 5.16 Å². The lowest BCUT2D eigenvalue weighted by Crippen LogP contribution is -2.52. The molecule has 23 heavy (non-hydrogen) atoms. The molecule has 1 amide bonds. The molecule has 1 atom stereocenters. The van der Waals surface area contributed by atoms with Crippen LogP contribution in [0.5, 0.6) is 0 Å². The van der Waals surface area contributed by atoms with Gasteiger partial charge < -0.3 is 19.3 Å². The molecule has 0 saturated carbocycles. The minimum atomic E-state index is -1.04. The Bertz CT molecular complexity index is 608. The zero-order chi connectivity index (χ0) is 16.4. The number of carbonyl (C=O) groups excluding carboxylic acids is 1. The number of carbonyl (C=O) groups is 2. The van der Waals surface area contributed by atoms with Gasteiger partial charge in [0.15, 0.2) is 5.69 Å². The summed E-state index contributed by atoms with van der Waals surface area (Å²) in [6, 6.07) is 0. The molecule has 1 saturated heterocycles. The molecule has 1 unspecified atom stereocenters. The third-order valence-corrected chi connectivity index (χ3v) is 4.89. The molecule has 1 fully saturated rings. The second-order valence-corrected chi connectivity index (χ2v) is 6.49. The second-order valence-electron chi connectivity index (χ2n) is 6.49. The number of aromatic nitrogens is 1. The molecule has 7 nitrogen and oxygen atoms in total. The largest absolute Gasteiger partial charge is 0.481 e. The second kappa shape index (κ2) is 6.31. The van der Waals surface area contributed by atoms with Crippen LogP contribution in [0.25, 0.3) is 0 Å². The van der Waals surface area contributed by atoms with E-state index in [-0.39, 0.29) is 19.1 Å². The van der Waals surface area contributed by atoms with Gasteiger partial charge in [0, 0.05) is 32.2 Å². The molecular formula is C16H22N2O5. The molecule has 1 aliphatic heterocycles. The van der Waals surface area contributed by atoms with Gasteiger partial charge in [-0.15, -0.1) is 0 Å². The predicted molar refractivity (Wildman–Crippen MR) is 80.2 cm³/mol. The van der Waals surface area contributed by atoms with Crippen LogP contribution in [-0.2, 0) is 22.4 Å². The van der Waals surface area contributed by atoms with Crippen molar-refractivity contribution in [1.29, 1.82) is 0 Å². The van der Waals surface area contributed by atoms with E-state index in [9.17, 15) is 14.7 Å². The molecule has 1 aromatic heterocycles. The highest BCUT2D eigenvalue weighted by atomic mass is 16.5. The van der Waals surface area contributed by atoms with Crippen LogP contribution in [0.3, 0.4) is 0 Å². The Labute approximate surface area is 134 Å². The Morgan fingerprint density at radius 2 is 2.13 bits per heavy atom. The number of rotatable bonds is 4. The molecule has 1 aliphatic carbocycles. The summed E-state index contributed by atoms with van der Waals surface area (Å²) in [5, 5.41) is 13.6. The summed E-state index contributed by atoms with van der Waals surface area (Å²) in [7, 11) is 1.49. The van der Waals surface area contributed by atoms with Crippen molar-refractivity contribution in [2.24, 2.45) is 5.41 Å². The first-order chi connectivity index (χ1) is 11.1. The zero-order valence-corrected chi connectivity index (χ0v) is 13.3. The maximum absolute atomic E-state index is 12.8. The monoisotopic (exact) mass is 322 g/mol. The van der Waals surface area contributed by atoms with E-state index in [0.29, 0.717) is 25.1 Å². The van der Waals surface area contributed by atoms with Crippen molar-refractivity contribution in [3.8, 4) is 0 Å². The highest BCUT2D eigenvalue weighted by Crippen LogP contribution is 2.32. The number of amides is 1. The number of hydrogen-bond acceptors (Lipinski definition) is 5. The minimum Gasteiger partial charge on any atom is -0.481 e. The molecule has 126 valence electrons. The minimum absolute atomic E-state index is 0.100. The number of likely N-dealkylation sites (tertiary alicyclic amines) is 1. The molecule has 0 spiro atoms. The van der Waals surface area contributed by atoms with Crippen molar-refractivity contribution >= 4 is 11.9 Å². The van der Waals surface area contributed by atoms with Crippen LogP contribution in [-0.4, -0.2) is 53.8 Å². The van der Waals surface area contributed by atoms with E-state index in [1.54, 1.807) is 4.90 Å². The zero-order valence-electron chi connectivity index (χ0n) is 13.3. The van der Waals surface area contributed by atoms with Gasteiger partial charge >= 0.3 is 5.97 Å². The van der Waals surface area contributed by atoms with Gasteiger partial charge in [-0.2, -0.15) is 0 Å². The van der Waals surface area contributed by atoms with E-state index in [2.05, 4.69) is 5.16 Å². The fourth-order valence-corrected chi connectivity index (χ4v) is 3.64. The third kappa shape index (κ3) is 2.85. The van der Waals surface area contributed by atoms with Crippen molar-refractivity contribution in [1.82, 2.24) is 10.1 Å². The van der Waals surface area contributed by atoms with Crippen LogP contribution in [0, 0.1) is 5.41 Å². The molecule has 2 heterocycles. The summed E-state index contributed by atoms with van der Waals surface area (Å²) in [5.41, 5.74) is 0.227. The number of nitrogens with zero attached hydrogens (tertiary/aromatic N) is 2. The van der Waals surface area contributed by atoms with E-state index >= 15 is 0 Å². The predicted octanol–water partition coefficient (Wildman–Crippen LogP) is 1.51. The Morgan fingerprint density at radius 3 is 2.87 bits per heavy atom. The number of hydrogen-bond donors (Lipinski definition) is 1. The summed E-state index contributed by atoms with van der Waals surface area (Å²) in [6.07, 6.45) is 4.85. The molecular weight excluding hydrogens is 300 g/mol. The van der Waals surface area contributed by atoms with Crippen LogP contribution < -0.4 is 0 Å². The average molecular weight is 322 g/mol. The fourth-order valence-electron chi connectivity index (χ4n) is 3.64. The normalized spacial score (nSPS) is 24.3. The molecule has 0 radical (unpaired) electrons. The van der Waals surface area contributed by atoms with Gasteiger partial charge in [-0.05, 0) is 32.1 Å². The van der Waals surface area contributed by atoms with Crippen molar-refractivity contribution in [2.45, 2.75) is 38.5 Å². The SMILES string of the molecule is COCC1(C(=O)O)CCCN(C(=O)c2noc3c2CCCC3)C1. The fraction of sp³-hybridized carbons (Fsp3) is 0.688. The van der Waals surface area contributed by atoms with Crippen molar-refractivity contribution in [3.63, 3.8) is 0 Å². The summed E-state index contributed by atoms with van der Waals surface area (Å²) in [6.45, 7) is 0.791. The number of fused-ring (bicyclic) bond motifs is 1. The van der Waals surface area contributed by atoms with Crippen LogP contribution >= 0.6 is 0 Å². The van der Waals surface area contributed by atoms with E-state index in [4.69, 9.17) is 9.26 Å². The standard InChI is InChI=1S/C16H22N2O5/c1-22-10-16(15(20)21)7-4-8-18(9-16)14(19)13-11-5-2-3-6-12(11)23-17-13/h2-10H2,1H3,(H,20,21). The maximum atomic E-state index is 12.8. The summed E-state index contributed by atoms with van der Waals surface area (Å²) < 4.78 is 10.4. The number of methoxy groups -OCH3 is 1. The average Bonchev–Trinajstić information content (AvgIpc) is 2.98. The highest BCUT2D eigenvalue weighted by Gasteiger charge is 2.44. The van der Waals surface area contributed by atoms with Crippen LogP contribution in [0.4, 0.5) is 0 Å². The Morgan fingerprint density at radius 1 is 1.35 bits per heavy atom. The smallest absolute Gasteiger partial charge is 0.313 e. The van der Waals surface area contributed by atoms with Gasteiger partial charge in [0.1, 0.15) is 11.2 Å². The van der Waals surface area contributed by atoms with Crippen LogP contribution in [0.1, 0.15) is 47.5 Å². The number of ether oxygens (including phenoxy) is 1. The van der Waals surface area contributed by atoms with Crippen molar-refractivity contribution in [3.05, 3.63) is 17.0 Å². The molecule has 3 rings (SSSR count). The molecule has 1 aromatic rings. The van der Waals surface area contributed by atoms with Crippen molar-refractivity contribution in [2.75, 3.05) is 26.8 Å². The summed E-state index contributed by atoms with van der Waals surface area (Å²) >= 11 is 0. The summed E-state index contributed by atoms with van der Waals surface area (Å²) in [4.78, 5) is 26.1. The first-order valence-corrected chi connectivity index (χ1v) is 8.06. The molecule has 2 aliphatic rings. The van der Waals surface area contributed by atoms with Crippen molar-refractivity contribution < 1.29 is 24.0 Å². The highest BCUT2D eigenvalue weighted by molar-refractivity contribution is 5.94.